The second kappa shape index (κ2) is 13.1. The van der Waals surface area contributed by atoms with E-state index in [2.05, 4.69) is 43.4 Å². The third kappa shape index (κ3) is 9.33. The minimum Gasteiger partial charge on any atom is -0.481 e. The highest BCUT2D eigenvalue weighted by Crippen LogP contribution is 2.27. The van der Waals surface area contributed by atoms with E-state index in [1.807, 2.05) is 6.08 Å². The van der Waals surface area contributed by atoms with E-state index in [1.165, 1.54) is 0 Å². The lowest BCUT2D eigenvalue weighted by molar-refractivity contribution is -0.137. The molecule has 3 atom stereocenters. The molecule has 0 radical (unpaired) electrons. The Balaban J connectivity index is 2.39. The Morgan fingerprint density at radius 2 is 1.81 bits per heavy atom. The fourth-order valence-electron chi connectivity index (χ4n) is 2.70. The van der Waals surface area contributed by atoms with Crippen molar-refractivity contribution in [2.45, 2.75) is 51.6 Å². The van der Waals surface area contributed by atoms with Crippen LogP contribution in [0.4, 0.5) is 0 Å². The number of carbonyl (C=O) groups is 2. The van der Waals surface area contributed by atoms with Gasteiger partial charge in [-0.15, -0.1) is 0 Å². The molecule has 0 bridgehead atoms. The zero-order chi connectivity index (χ0) is 19.2. The van der Waals surface area contributed by atoms with E-state index in [1.54, 1.807) is 18.2 Å². The van der Waals surface area contributed by atoms with Gasteiger partial charge in [0.25, 0.3) is 0 Å². The first kappa shape index (κ1) is 21.8. The quantitative estimate of drug-likeness (QED) is 0.507. The van der Waals surface area contributed by atoms with Gasteiger partial charge in [0.15, 0.2) is 5.78 Å². The number of allylic oxidation sites excluding steroid dienone is 9. The SMILES string of the molecule is CC/C=C\C/C=C\C/C=C\C[C@H]1C=CC(=O)[C@@H]1/C=C/[C@H](O)CCC(=O)O. The molecule has 0 aromatic heterocycles. The third-order valence-electron chi connectivity index (χ3n) is 4.18. The summed E-state index contributed by atoms with van der Waals surface area (Å²) in [5.41, 5.74) is 0. The van der Waals surface area contributed by atoms with Crippen LogP contribution in [0.2, 0.25) is 0 Å². The zero-order valence-electron chi connectivity index (χ0n) is 15.5. The van der Waals surface area contributed by atoms with Crippen molar-refractivity contribution in [3.63, 3.8) is 0 Å². The predicted molar refractivity (Wildman–Crippen MR) is 105 cm³/mol. The Morgan fingerprint density at radius 3 is 2.46 bits per heavy atom. The van der Waals surface area contributed by atoms with Crippen LogP contribution >= 0.6 is 0 Å². The Kier molecular flexibility index (Phi) is 11.0. The van der Waals surface area contributed by atoms with Gasteiger partial charge in [0, 0.05) is 12.3 Å². The lowest BCUT2D eigenvalue weighted by Gasteiger charge is -2.13. The molecule has 0 saturated carbocycles. The monoisotopic (exact) mass is 358 g/mol. The summed E-state index contributed by atoms with van der Waals surface area (Å²) in [6.07, 6.45) is 22.4. The molecule has 0 aromatic carbocycles. The van der Waals surface area contributed by atoms with E-state index in [-0.39, 0.29) is 30.5 Å². The van der Waals surface area contributed by atoms with Gasteiger partial charge in [0.05, 0.1) is 6.10 Å². The fraction of sp³-hybridized carbons (Fsp3) is 0.455. The molecule has 0 spiro atoms. The molecule has 0 saturated heterocycles. The minimum absolute atomic E-state index is 0.0349. The van der Waals surface area contributed by atoms with Crippen molar-refractivity contribution < 1.29 is 19.8 Å². The molecule has 4 nitrogen and oxygen atoms in total. The van der Waals surface area contributed by atoms with Crippen LogP contribution in [0.15, 0.2) is 60.8 Å². The molecule has 142 valence electrons. The summed E-state index contributed by atoms with van der Waals surface area (Å²) < 4.78 is 0. The highest BCUT2D eigenvalue weighted by atomic mass is 16.4. The van der Waals surface area contributed by atoms with E-state index in [9.17, 15) is 14.7 Å². The number of aliphatic hydroxyl groups is 1. The van der Waals surface area contributed by atoms with Gasteiger partial charge < -0.3 is 10.2 Å². The number of carbonyl (C=O) groups excluding carboxylic acids is 1. The van der Waals surface area contributed by atoms with Crippen molar-refractivity contribution in [3.05, 3.63) is 60.8 Å². The maximum atomic E-state index is 12.0. The number of aliphatic carboxylic acids is 1. The average Bonchev–Trinajstić information content (AvgIpc) is 2.96. The largest absolute Gasteiger partial charge is 0.481 e. The molecule has 26 heavy (non-hydrogen) atoms. The predicted octanol–water partition coefficient (Wildman–Crippen LogP) is 4.39. The van der Waals surface area contributed by atoms with Crippen LogP contribution in [-0.2, 0) is 9.59 Å². The Morgan fingerprint density at radius 1 is 1.15 bits per heavy atom. The summed E-state index contributed by atoms with van der Waals surface area (Å²) in [7, 11) is 0. The number of carboxylic acid groups (broad SMARTS) is 1. The molecule has 0 heterocycles. The Labute approximate surface area is 156 Å². The number of hydrogen-bond donors (Lipinski definition) is 2. The number of aliphatic hydroxyl groups excluding tert-OH is 1. The van der Waals surface area contributed by atoms with Crippen molar-refractivity contribution in [2.24, 2.45) is 11.8 Å². The van der Waals surface area contributed by atoms with Gasteiger partial charge in [-0.25, -0.2) is 0 Å². The van der Waals surface area contributed by atoms with Gasteiger partial charge >= 0.3 is 5.97 Å². The molecule has 0 aliphatic heterocycles. The first-order valence-electron chi connectivity index (χ1n) is 9.29. The molecule has 0 unspecified atom stereocenters. The maximum Gasteiger partial charge on any atom is 0.303 e. The number of ketones is 1. The summed E-state index contributed by atoms with van der Waals surface area (Å²) in [5.74, 6) is -1.07. The fourth-order valence-corrected chi connectivity index (χ4v) is 2.70. The van der Waals surface area contributed by atoms with Gasteiger partial charge in [0.1, 0.15) is 0 Å². The van der Waals surface area contributed by atoms with Crippen LogP contribution in [0.1, 0.15) is 45.4 Å². The Bertz CT molecular complexity index is 581. The molecular weight excluding hydrogens is 328 g/mol. The first-order chi connectivity index (χ1) is 12.5. The van der Waals surface area contributed by atoms with Crippen LogP contribution < -0.4 is 0 Å². The van der Waals surface area contributed by atoms with E-state index in [0.717, 1.165) is 25.7 Å². The van der Waals surface area contributed by atoms with Gasteiger partial charge in [0.2, 0.25) is 0 Å². The molecule has 0 fully saturated rings. The van der Waals surface area contributed by atoms with Gasteiger partial charge in [-0.1, -0.05) is 61.6 Å². The van der Waals surface area contributed by atoms with E-state index in [0.29, 0.717) is 0 Å². The summed E-state index contributed by atoms with van der Waals surface area (Å²) in [6.45, 7) is 2.12. The number of hydrogen-bond acceptors (Lipinski definition) is 3. The lowest BCUT2D eigenvalue weighted by atomic mass is 9.90. The van der Waals surface area contributed by atoms with Crippen molar-refractivity contribution in [1.82, 2.24) is 0 Å². The molecule has 2 N–H and O–H groups in total. The highest BCUT2D eigenvalue weighted by Gasteiger charge is 2.26. The number of rotatable bonds is 12. The second-order valence-corrected chi connectivity index (χ2v) is 6.37. The summed E-state index contributed by atoms with van der Waals surface area (Å²) in [5, 5.41) is 18.4. The van der Waals surface area contributed by atoms with Crippen LogP contribution in [0, 0.1) is 11.8 Å². The second-order valence-electron chi connectivity index (χ2n) is 6.37. The van der Waals surface area contributed by atoms with Gasteiger partial charge in [-0.05, 0) is 44.1 Å². The van der Waals surface area contributed by atoms with E-state index >= 15 is 0 Å². The average molecular weight is 358 g/mol. The van der Waals surface area contributed by atoms with Crippen LogP contribution in [0.3, 0.4) is 0 Å². The summed E-state index contributed by atoms with van der Waals surface area (Å²) in [4.78, 5) is 22.5. The maximum absolute atomic E-state index is 12.0. The zero-order valence-corrected chi connectivity index (χ0v) is 15.5. The third-order valence-corrected chi connectivity index (χ3v) is 4.18. The molecule has 0 amide bonds. The molecule has 4 heteroatoms. The number of carboxylic acids is 1. The molecular formula is C22H30O4. The van der Waals surface area contributed by atoms with Crippen LogP contribution in [0.25, 0.3) is 0 Å². The molecule has 1 aliphatic carbocycles. The minimum atomic E-state index is -0.936. The summed E-state index contributed by atoms with van der Waals surface area (Å²) in [6, 6.07) is 0. The van der Waals surface area contributed by atoms with Gasteiger partial charge in [-0.2, -0.15) is 0 Å². The van der Waals surface area contributed by atoms with Crippen molar-refractivity contribution in [1.29, 1.82) is 0 Å². The van der Waals surface area contributed by atoms with Crippen molar-refractivity contribution in [3.8, 4) is 0 Å². The topological polar surface area (TPSA) is 74.6 Å². The van der Waals surface area contributed by atoms with Gasteiger partial charge in [-0.3, -0.25) is 9.59 Å². The van der Waals surface area contributed by atoms with E-state index < -0.39 is 12.1 Å². The first-order valence-corrected chi connectivity index (χ1v) is 9.29. The molecule has 1 rings (SSSR count). The van der Waals surface area contributed by atoms with E-state index in [4.69, 9.17) is 5.11 Å². The summed E-state index contributed by atoms with van der Waals surface area (Å²) >= 11 is 0. The smallest absolute Gasteiger partial charge is 0.303 e. The Hall–Kier alpha value is -2.20. The van der Waals surface area contributed by atoms with Crippen molar-refractivity contribution in [2.75, 3.05) is 0 Å². The lowest BCUT2D eigenvalue weighted by Crippen LogP contribution is -2.14. The standard InChI is InChI=1S/C22H30O4/c1-2-3-4-5-6-7-8-9-10-11-18-12-16-21(24)20(18)15-13-19(23)14-17-22(25)26/h3-4,6-7,9-10,12-13,15-16,18-20,23H,2,5,8,11,14,17H2,1H3,(H,25,26)/b4-3-,7-6-,10-9-,15-13+/t18-,19-,20+/m0/s1. The molecule has 1 aliphatic rings. The van der Waals surface area contributed by atoms with Crippen LogP contribution in [0.5, 0.6) is 0 Å². The molecule has 0 aromatic rings. The van der Waals surface area contributed by atoms with Crippen LogP contribution in [-0.4, -0.2) is 28.1 Å². The highest BCUT2D eigenvalue weighted by molar-refractivity contribution is 5.95. The van der Waals surface area contributed by atoms with Crippen molar-refractivity contribution >= 4 is 11.8 Å². The normalized spacial score (nSPS) is 21.8.